The van der Waals surface area contributed by atoms with Gasteiger partial charge in [0.05, 0.1) is 24.9 Å². The summed E-state index contributed by atoms with van der Waals surface area (Å²) in [7, 11) is 1.53. The van der Waals surface area contributed by atoms with Crippen LogP contribution in [-0.4, -0.2) is 48.7 Å². The van der Waals surface area contributed by atoms with Gasteiger partial charge in [-0.2, -0.15) is 0 Å². The van der Waals surface area contributed by atoms with Gasteiger partial charge in [0.1, 0.15) is 6.26 Å². The normalized spacial score (nSPS) is 10.2. The zero-order valence-corrected chi connectivity index (χ0v) is 9.59. The average molecular weight is 241 g/mol. The number of carbonyl (C=O) groups is 2. The Bertz CT molecular complexity index is 360. The summed E-state index contributed by atoms with van der Waals surface area (Å²) in [6, 6.07) is 1.54. The second-order valence-corrected chi connectivity index (χ2v) is 3.44. The quantitative estimate of drug-likeness (QED) is 0.765. The third kappa shape index (κ3) is 4.28. The second-order valence-electron chi connectivity index (χ2n) is 3.44. The Balaban J connectivity index is 2.61. The number of furan rings is 1. The summed E-state index contributed by atoms with van der Waals surface area (Å²) >= 11 is 0. The van der Waals surface area contributed by atoms with E-state index in [9.17, 15) is 9.59 Å². The molecule has 1 N–H and O–H groups in total. The van der Waals surface area contributed by atoms with Crippen LogP contribution in [0.5, 0.6) is 0 Å². The van der Waals surface area contributed by atoms with E-state index in [0.717, 1.165) is 0 Å². The summed E-state index contributed by atoms with van der Waals surface area (Å²) in [5.74, 6) is -1.19. The maximum absolute atomic E-state index is 11.9. The molecule has 0 atom stereocenters. The number of carboxylic acid groups (broad SMARTS) is 1. The molecule has 0 saturated carbocycles. The van der Waals surface area contributed by atoms with Gasteiger partial charge in [-0.1, -0.05) is 0 Å². The van der Waals surface area contributed by atoms with Crippen LogP contribution in [0, 0.1) is 0 Å². The molecule has 0 saturated heterocycles. The van der Waals surface area contributed by atoms with Crippen molar-refractivity contribution in [1.82, 2.24) is 4.90 Å². The Morgan fingerprint density at radius 3 is 2.76 bits per heavy atom. The van der Waals surface area contributed by atoms with Crippen LogP contribution < -0.4 is 0 Å². The molecule has 6 heteroatoms. The molecule has 0 aliphatic heterocycles. The van der Waals surface area contributed by atoms with E-state index in [4.69, 9.17) is 14.3 Å². The van der Waals surface area contributed by atoms with E-state index >= 15 is 0 Å². The van der Waals surface area contributed by atoms with Crippen molar-refractivity contribution in [2.45, 2.75) is 6.42 Å². The van der Waals surface area contributed by atoms with Crippen LogP contribution in [0.4, 0.5) is 0 Å². The van der Waals surface area contributed by atoms with E-state index in [-0.39, 0.29) is 18.9 Å². The van der Waals surface area contributed by atoms with Crippen LogP contribution in [-0.2, 0) is 9.53 Å². The largest absolute Gasteiger partial charge is 0.481 e. The molecule has 0 unspecified atom stereocenters. The van der Waals surface area contributed by atoms with E-state index in [1.165, 1.54) is 24.5 Å². The molecular weight excluding hydrogens is 226 g/mol. The van der Waals surface area contributed by atoms with Gasteiger partial charge in [-0.25, -0.2) is 0 Å². The molecule has 0 aliphatic carbocycles. The fraction of sp³-hybridized carbons (Fsp3) is 0.455. The molecule has 1 aromatic heterocycles. The maximum Gasteiger partial charge on any atom is 0.305 e. The minimum Gasteiger partial charge on any atom is -0.481 e. The van der Waals surface area contributed by atoms with E-state index in [1.807, 2.05) is 0 Å². The Morgan fingerprint density at radius 2 is 2.24 bits per heavy atom. The Hall–Kier alpha value is -1.82. The zero-order chi connectivity index (χ0) is 12.7. The molecule has 0 aliphatic rings. The highest BCUT2D eigenvalue weighted by atomic mass is 16.5. The molecule has 17 heavy (non-hydrogen) atoms. The highest BCUT2D eigenvalue weighted by Crippen LogP contribution is 2.06. The lowest BCUT2D eigenvalue weighted by Gasteiger charge is -2.20. The second kappa shape index (κ2) is 6.70. The van der Waals surface area contributed by atoms with Gasteiger partial charge < -0.3 is 19.2 Å². The molecular formula is C11H15NO5. The molecule has 0 bridgehead atoms. The first kappa shape index (κ1) is 13.2. The standard InChI is InChI=1S/C11H15NO5/c1-16-7-5-12(4-2-10(13)14)11(15)9-3-6-17-8-9/h3,6,8H,2,4-5,7H2,1H3,(H,13,14). The van der Waals surface area contributed by atoms with Crippen LogP contribution in [0.2, 0.25) is 0 Å². The number of carbonyl (C=O) groups excluding carboxylic acids is 1. The van der Waals surface area contributed by atoms with E-state index in [2.05, 4.69) is 0 Å². The molecule has 0 radical (unpaired) electrons. The van der Waals surface area contributed by atoms with Crippen molar-refractivity contribution in [1.29, 1.82) is 0 Å². The van der Waals surface area contributed by atoms with Gasteiger partial charge in [0.25, 0.3) is 5.91 Å². The summed E-state index contributed by atoms with van der Waals surface area (Å²) in [5, 5.41) is 8.61. The number of aliphatic carboxylic acids is 1. The van der Waals surface area contributed by atoms with Crippen LogP contribution >= 0.6 is 0 Å². The summed E-state index contributed by atoms with van der Waals surface area (Å²) in [5.41, 5.74) is 0.409. The summed E-state index contributed by atoms with van der Waals surface area (Å²) < 4.78 is 9.70. The lowest BCUT2D eigenvalue weighted by molar-refractivity contribution is -0.137. The third-order valence-corrected chi connectivity index (χ3v) is 2.22. The molecule has 1 rings (SSSR count). The number of hydrogen-bond acceptors (Lipinski definition) is 4. The van der Waals surface area contributed by atoms with Crippen molar-refractivity contribution in [3.63, 3.8) is 0 Å². The van der Waals surface area contributed by atoms with Crippen LogP contribution in [0.1, 0.15) is 16.8 Å². The van der Waals surface area contributed by atoms with Gasteiger partial charge in [0, 0.05) is 20.2 Å². The molecule has 0 aromatic carbocycles. The van der Waals surface area contributed by atoms with E-state index in [0.29, 0.717) is 18.7 Å². The van der Waals surface area contributed by atoms with Gasteiger partial charge in [-0.15, -0.1) is 0 Å². The minimum atomic E-state index is -0.938. The predicted octanol–water partition coefficient (Wildman–Crippen LogP) is 0.843. The van der Waals surface area contributed by atoms with Crippen molar-refractivity contribution < 1.29 is 23.8 Å². The zero-order valence-electron chi connectivity index (χ0n) is 9.59. The Kier molecular flexibility index (Phi) is 5.22. The number of nitrogens with zero attached hydrogens (tertiary/aromatic N) is 1. The first-order valence-electron chi connectivity index (χ1n) is 5.17. The highest BCUT2D eigenvalue weighted by Gasteiger charge is 2.17. The predicted molar refractivity (Wildman–Crippen MR) is 58.7 cm³/mol. The molecule has 1 aromatic rings. The summed E-state index contributed by atoms with van der Waals surface area (Å²) in [6.45, 7) is 0.875. The SMILES string of the molecule is COCCN(CCC(=O)O)C(=O)c1ccoc1. The molecule has 6 nitrogen and oxygen atoms in total. The number of amides is 1. The smallest absolute Gasteiger partial charge is 0.305 e. The number of hydrogen-bond donors (Lipinski definition) is 1. The van der Waals surface area contributed by atoms with Crippen molar-refractivity contribution in [3.8, 4) is 0 Å². The van der Waals surface area contributed by atoms with Crippen molar-refractivity contribution in [2.75, 3.05) is 26.8 Å². The molecule has 1 heterocycles. The molecule has 0 spiro atoms. The van der Waals surface area contributed by atoms with Crippen molar-refractivity contribution >= 4 is 11.9 Å². The number of carboxylic acids is 1. The summed E-state index contributed by atoms with van der Waals surface area (Å²) in [4.78, 5) is 23.9. The van der Waals surface area contributed by atoms with Crippen molar-refractivity contribution in [2.24, 2.45) is 0 Å². The van der Waals surface area contributed by atoms with Gasteiger partial charge in [0.2, 0.25) is 0 Å². The molecule has 0 fully saturated rings. The fourth-order valence-electron chi connectivity index (χ4n) is 1.32. The average Bonchev–Trinajstić information content (AvgIpc) is 2.81. The topological polar surface area (TPSA) is 80.0 Å². The lowest BCUT2D eigenvalue weighted by Crippen LogP contribution is -2.35. The van der Waals surface area contributed by atoms with Crippen LogP contribution in [0.15, 0.2) is 23.0 Å². The Labute approximate surface area is 98.8 Å². The number of rotatable bonds is 7. The van der Waals surface area contributed by atoms with E-state index in [1.54, 1.807) is 6.07 Å². The van der Waals surface area contributed by atoms with E-state index < -0.39 is 5.97 Å². The first-order chi connectivity index (χ1) is 8.15. The third-order valence-electron chi connectivity index (χ3n) is 2.22. The van der Waals surface area contributed by atoms with Gasteiger partial charge in [-0.3, -0.25) is 9.59 Å². The number of ether oxygens (including phenoxy) is 1. The van der Waals surface area contributed by atoms with Gasteiger partial charge in [0.15, 0.2) is 0 Å². The van der Waals surface area contributed by atoms with Crippen LogP contribution in [0.3, 0.4) is 0 Å². The fourth-order valence-corrected chi connectivity index (χ4v) is 1.32. The van der Waals surface area contributed by atoms with Crippen molar-refractivity contribution in [3.05, 3.63) is 24.2 Å². The highest BCUT2D eigenvalue weighted by molar-refractivity contribution is 5.94. The number of methoxy groups -OCH3 is 1. The molecule has 1 amide bonds. The summed E-state index contributed by atoms with van der Waals surface area (Å²) in [6.07, 6.45) is 2.65. The van der Waals surface area contributed by atoms with Gasteiger partial charge in [-0.05, 0) is 6.07 Å². The lowest BCUT2D eigenvalue weighted by atomic mass is 10.2. The maximum atomic E-state index is 11.9. The first-order valence-corrected chi connectivity index (χ1v) is 5.17. The van der Waals surface area contributed by atoms with Crippen LogP contribution in [0.25, 0.3) is 0 Å². The molecule has 94 valence electrons. The van der Waals surface area contributed by atoms with Gasteiger partial charge >= 0.3 is 5.97 Å². The monoisotopic (exact) mass is 241 g/mol. The minimum absolute atomic E-state index is 0.0900. The Morgan fingerprint density at radius 1 is 1.47 bits per heavy atom.